The van der Waals surface area contributed by atoms with E-state index in [9.17, 15) is 4.39 Å². The van der Waals surface area contributed by atoms with Gasteiger partial charge in [0.05, 0.1) is 0 Å². The molecule has 1 aromatic carbocycles. The molecule has 1 atom stereocenters. The minimum absolute atomic E-state index is 0.667. The van der Waals surface area contributed by atoms with Crippen LogP contribution in [-0.2, 0) is 0 Å². The molecule has 1 aliphatic heterocycles. The maximum Gasteiger partial charge on any atom is 0.127 e. The molecule has 0 saturated carbocycles. The van der Waals surface area contributed by atoms with E-state index in [1.54, 1.807) is 11.8 Å². The summed E-state index contributed by atoms with van der Waals surface area (Å²) in [4.78, 5) is 1.13. The fraction of sp³-hybridized carbons (Fsp3) is 0.400. The number of hydrogen-bond acceptors (Lipinski definition) is 1. The molecule has 0 N–H and O–H groups in total. The summed E-state index contributed by atoms with van der Waals surface area (Å²) in [5, 5.41) is 0. The Kier molecular flexibility index (Phi) is 2.09. The number of thioether (sulfide) groups is 1. The summed E-state index contributed by atoms with van der Waals surface area (Å²) in [5.74, 6) is 0.914. The number of hydrogen-bond donors (Lipinski definition) is 0. The van der Waals surface area contributed by atoms with Gasteiger partial charge in [-0.05, 0) is 30.5 Å². The van der Waals surface area contributed by atoms with Crippen molar-refractivity contribution in [2.24, 2.45) is 0 Å². The molecule has 1 heterocycles. The van der Waals surface area contributed by atoms with Gasteiger partial charge in [-0.3, -0.25) is 0 Å². The first kappa shape index (κ1) is 8.11. The molecule has 0 amide bonds. The molecule has 0 fully saturated rings. The minimum atomic E-state index is -0.734. The molecule has 0 bridgehead atoms. The maximum atomic E-state index is 13.3. The molecule has 64 valence electrons. The number of aryl methyl sites for hydroxylation is 1. The summed E-state index contributed by atoms with van der Waals surface area (Å²) in [6.45, 7) is 2.04. The molecule has 0 radical (unpaired) electrons. The van der Waals surface area contributed by atoms with Crippen molar-refractivity contribution in [3.63, 3.8) is 0 Å². The van der Waals surface area contributed by atoms with Crippen LogP contribution in [-0.4, -0.2) is 5.75 Å². The molecule has 2 rings (SSSR count). The zero-order chi connectivity index (χ0) is 8.55. The van der Waals surface area contributed by atoms with E-state index in [2.05, 4.69) is 6.07 Å². The van der Waals surface area contributed by atoms with Crippen molar-refractivity contribution in [2.75, 3.05) is 5.75 Å². The lowest BCUT2D eigenvalue weighted by atomic mass is 10.1. The summed E-state index contributed by atoms with van der Waals surface area (Å²) in [6.07, 6.45) is -0.0670. The second kappa shape index (κ2) is 3.09. The largest absolute Gasteiger partial charge is 0.242 e. The van der Waals surface area contributed by atoms with Crippen molar-refractivity contribution >= 4 is 11.8 Å². The topological polar surface area (TPSA) is 0 Å². The van der Waals surface area contributed by atoms with E-state index in [0.29, 0.717) is 6.42 Å². The Morgan fingerprint density at radius 1 is 1.50 bits per heavy atom. The zero-order valence-electron chi connectivity index (χ0n) is 7.01. The summed E-state index contributed by atoms with van der Waals surface area (Å²) in [5.41, 5.74) is 2.10. The normalized spacial score (nSPS) is 22.0. The average Bonchev–Trinajstić information content (AvgIpc) is 2.04. The van der Waals surface area contributed by atoms with Crippen molar-refractivity contribution in [1.82, 2.24) is 0 Å². The Hall–Kier alpha value is -0.500. The third kappa shape index (κ3) is 1.36. The molecule has 0 saturated heterocycles. The number of halogens is 1. The first-order valence-corrected chi connectivity index (χ1v) is 5.13. The number of rotatable bonds is 0. The molecule has 2 heteroatoms. The lowest BCUT2D eigenvalue weighted by Gasteiger charge is -2.18. The highest BCUT2D eigenvalue weighted by Crippen LogP contribution is 2.38. The Labute approximate surface area is 76.2 Å². The Balaban J connectivity index is 2.46. The van der Waals surface area contributed by atoms with Gasteiger partial charge in [0.25, 0.3) is 0 Å². The van der Waals surface area contributed by atoms with Crippen LogP contribution < -0.4 is 0 Å². The van der Waals surface area contributed by atoms with Crippen LogP contribution in [0.2, 0.25) is 0 Å². The van der Waals surface area contributed by atoms with Crippen molar-refractivity contribution < 1.29 is 4.39 Å². The van der Waals surface area contributed by atoms with Gasteiger partial charge in [0.1, 0.15) is 6.17 Å². The van der Waals surface area contributed by atoms with E-state index < -0.39 is 6.17 Å². The van der Waals surface area contributed by atoms with E-state index in [0.717, 1.165) is 16.2 Å². The van der Waals surface area contributed by atoms with Gasteiger partial charge in [0.15, 0.2) is 0 Å². The van der Waals surface area contributed by atoms with Crippen molar-refractivity contribution in [3.05, 3.63) is 29.3 Å². The van der Waals surface area contributed by atoms with Gasteiger partial charge in [-0.1, -0.05) is 12.1 Å². The van der Waals surface area contributed by atoms with Gasteiger partial charge >= 0.3 is 0 Å². The first-order chi connectivity index (χ1) is 5.77. The Bertz CT molecular complexity index is 296. The molecule has 12 heavy (non-hydrogen) atoms. The lowest BCUT2D eigenvalue weighted by molar-refractivity contribution is 0.329. The molecule has 0 spiro atoms. The van der Waals surface area contributed by atoms with Crippen molar-refractivity contribution in [1.29, 1.82) is 0 Å². The molecule has 1 unspecified atom stereocenters. The van der Waals surface area contributed by atoms with E-state index in [1.165, 1.54) is 5.56 Å². The quantitative estimate of drug-likeness (QED) is 0.591. The Morgan fingerprint density at radius 3 is 3.17 bits per heavy atom. The highest BCUT2D eigenvalue weighted by Gasteiger charge is 2.19. The van der Waals surface area contributed by atoms with Gasteiger partial charge in [-0.25, -0.2) is 4.39 Å². The molecule has 1 aliphatic rings. The van der Waals surface area contributed by atoms with Gasteiger partial charge in [0.2, 0.25) is 0 Å². The van der Waals surface area contributed by atoms with Crippen molar-refractivity contribution in [2.45, 2.75) is 24.4 Å². The zero-order valence-corrected chi connectivity index (χ0v) is 7.83. The molecule has 0 aliphatic carbocycles. The van der Waals surface area contributed by atoms with Gasteiger partial charge in [-0.2, -0.15) is 0 Å². The minimum Gasteiger partial charge on any atom is -0.242 e. The predicted molar refractivity (Wildman–Crippen MR) is 50.4 cm³/mol. The van der Waals surface area contributed by atoms with Gasteiger partial charge < -0.3 is 0 Å². The lowest BCUT2D eigenvalue weighted by Crippen LogP contribution is -2.02. The predicted octanol–water partition coefficient (Wildman–Crippen LogP) is 3.50. The second-order valence-electron chi connectivity index (χ2n) is 3.15. The highest BCUT2D eigenvalue weighted by atomic mass is 32.2. The number of benzene rings is 1. The monoisotopic (exact) mass is 182 g/mol. The highest BCUT2D eigenvalue weighted by molar-refractivity contribution is 7.99. The third-order valence-electron chi connectivity index (χ3n) is 2.14. The van der Waals surface area contributed by atoms with Crippen LogP contribution in [0.4, 0.5) is 4.39 Å². The fourth-order valence-electron chi connectivity index (χ4n) is 1.45. The van der Waals surface area contributed by atoms with Gasteiger partial charge in [-0.15, -0.1) is 11.8 Å². The van der Waals surface area contributed by atoms with Crippen LogP contribution >= 0.6 is 11.8 Å². The smallest absolute Gasteiger partial charge is 0.127 e. The molecular weight excluding hydrogens is 171 g/mol. The second-order valence-corrected chi connectivity index (χ2v) is 4.28. The first-order valence-electron chi connectivity index (χ1n) is 4.15. The average molecular weight is 182 g/mol. The summed E-state index contributed by atoms with van der Waals surface area (Å²) < 4.78 is 13.3. The molecule has 1 aromatic rings. The van der Waals surface area contributed by atoms with E-state index in [-0.39, 0.29) is 0 Å². The van der Waals surface area contributed by atoms with Gasteiger partial charge in [0, 0.05) is 10.6 Å². The standard InChI is InChI=1S/C10H11FS/c1-7-2-3-8-9(11)4-5-12-10(8)6-7/h2-3,6,9H,4-5H2,1H3. The van der Waals surface area contributed by atoms with Crippen LogP contribution in [0.25, 0.3) is 0 Å². The summed E-state index contributed by atoms with van der Waals surface area (Å²) in [7, 11) is 0. The van der Waals surface area contributed by atoms with Crippen LogP contribution in [0.3, 0.4) is 0 Å². The van der Waals surface area contributed by atoms with Crippen LogP contribution in [0.5, 0.6) is 0 Å². The molecule has 0 aromatic heterocycles. The third-order valence-corrected chi connectivity index (χ3v) is 3.24. The van der Waals surface area contributed by atoms with Crippen LogP contribution in [0, 0.1) is 6.92 Å². The number of alkyl halides is 1. The maximum absolute atomic E-state index is 13.3. The SMILES string of the molecule is Cc1ccc2c(c1)SCCC2F. The van der Waals surface area contributed by atoms with Crippen LogP contribution in [0.15, 0.2) is 23.1 Å². The van der Waals surface area contributed by atoms with E-state index >= 15 is 0 Å². The number of fused-ring (bicyclic) bond motifs is 1. The van der Waals surface area contributed by atoms with Crippen LogP contribution in [0.1, 0.15) is 23.7 Å². The summed E-state index contributed by atoms with van der Waals surface area (Å²) in [6, 6.07) is 5.98. The Morgan fingerprint density at radius 2 is 2.33 bits per heavy atom. The molecular formula is C10H11FS. The fourth-order valence-corrected chi connectivity index (χ4v) is 2.63. The van der Waals surface area contributed by atoms with E-state index in [4.69, 9.17) is 0 Å². The van der Waals surface area contributed by atoms with E-state index in [1.807, 2.05) is 19.1 Å². The van der Waals surface area contributed by atoms with Crippen molar-refractivity contribution in [3.8, 4) is 0 Å². The summed E-state index contributed by atoms with van der Waals surface area (Å²) >= 11 is 1.77. The molecule has 0 nitrogen and oxygen atoms in total.